The summed E-state index contributed by atoms with van der Waals surface area (Å²) in [5.41, 5.74) is 4.02. The van der Waals surface area contributed by atoms with Gasteiger partial charge in [0.05, 0.1) is 0 Å². The lowest BCUT2D eigenvalue weighted by atomic mass is 10.1. The molecule has 1 N–H and O–H groups in total. The molecule has 2 nitrogen and oxygen atoms in total. The van der Waals surface area contributed by atoms with E-state index in [1.165, 1.54) is 16.8 Å². The zero-order chi connectivity index (χ0) is 9.26. The van der Waals surface area contributed by atoms with Gasteiger partial charge in [-0.1, -0.05) is 12.1 Å². The predicted octanol–water partition coefficient (Wildman–Crippen LogP) is 1.21. The zero-order valence-corrected chi connectivity index (χ0v) is 7.95. The van der Waals surface area contributed by atoms with Gasteiger partial charge in [0, 0.05) is 25.9 Å². The smallest absolute Gasteiger partial charge is 0.0471 e. The van der Waals surface area contributed by atoms with E-state index in [2.05, 4.69) is 30.1 Å². The summed E-state index contributed by atoms with van der Waals surface area (Å²) in [5.74, 6) is 0. The minimum atomic E-state index is 0.245. The molecule has 0 spiro atoms. The number of aliphatic hydroxyl groups excluding tert-OH is 1. The summed E-state index contributed by atoms with van der Waals surface area (Å²) in [6.45, 7) is 1.37. The summed E-state index contributed by atoms with van der Waals surface area (Å²) in [7, 11) is 2.12. The van der Waals surface area contributed by atoms with Crippen LogP contribution in [0, 0.1) is 0 Å². The van der Waals surface area contributed by atoms with Gasteiger partial charge in [0.1, 0.15) is 0 Å². The Morgan fingerprint density at radius 2 is 2.31 bits per heavy atom. The van der Waals surface area contributed by atoms with Crippen LogP contribution in [0.1, 0.15) is 11.1 Å². The van der Waals surface area contributed by atoms with Crippen LogP contribution in [0.2, 0.25) is 0 Å². The van der Waals surface area contributed by atoms with E-state index in [-0.39, 0.29) is 6.61 Å². The number of benzene rings is 1. The number of hydrogen-bond donors (Lipinski definition) is 1. The summed E-state index contributed by atoms with van der Waals surface area (Å²) in [5, 5.41) is 8.81. The summed E-state index contributed by atoms with van der Waals surface area (Å²) in [4.78, 5) is 2.28. The third-order valence-corrected chi connectivity index (χ3v) is 2.67. The topological polar surface area (TPSA) is 23.5 Å². The monoisotopic (exact) mass is 177 g/mol. The first-order valence-electron chi connectivity index (χ1n) is 4.75. The molecule has 2 rings (SSSR count). The highest BCUT2D eigenvalue weighted by atomic mass is 16.2. The van der Waals surface area contributed by atoms with Crippen LogP contribution in [0.3, 0.4) is 0 Å². The normalized spacial score (nSPS) is 14.8. The Bertz CT molecular complexity index is 309. The van der Waals surface area contributed by atoms with Crippen LogP contribution in [-0.2, 0) is 12.8 Å². The Balaban J connectivity index is 2.29. The van der Waals surface area contributed by atoms with Crippen LogP contribution >= 0.6 is 0 Å². The fourth-order valence-corrected chi connectivity index (χ4v) is 1.90. The van der Waals surface area contributed by atoms with Crippen molar-refractivity contribution in [3.8, 4) is 0 Å². The van der Waals surface area contributed by atoms with Crippen LogP contribution in [0.5, 0.6) is 0 Å². The van der Waals surface area contributed by atoms with E-state index in [9.17, 15) is 0 Å². The van der Waals surface area contributed by atoms with Gasteiger partial charge < -0.3 is 10.0 Å². The van der Waals surface area contributed by atoms with E-state index >= 15 is 0 Å². The molecular weight excluding hydrogens is 162 g/mol. The molecule has 0 saturated heterocycles. The molecule has 70 valence electrons. The standard InChI is InChI=1S/C11H15NO/c1-12-6-4-10-8-9(5-7-13)2-3-11(10)12/h2-3,8,13H,4-7H2,1H3. The fraction of sp³-hybridized carbons (Fsp3) is 0.455. The number of rotatable bonds is 2. The van der Waals surface area contributed by atoms with Crippen molar-refractivity contribution < 1.29 is 5.11 Å². The highest BCUT2D eigenvalue weighted by Gasteiger charge is 2.14. The molecule has 0 fully saturated rings. The first-order valence-corrected chi connectivity index (χ1v) is 4.75. The van der Waals surface area contributed by atoms with E-state index in [1.54, 1.807) is 0 Å². The largest absolute Gasteiger partial charge is 0.396 e. The van der Waals surface area contributed by atoms with Crippen LogP contribution in [0.15, 0.2) is 18.2 Å². The molecule has 0 bridgehead atoms. The molecule has 13 heavy (non-hydrogen) atoms. The number of fused-ring (bicyclic) bond motifs is 1. The van der Waals surface area contributed by atoms with Gasteiger partial charge in [-0.3, -0.25) is 0 Å². The first-order chi connectivity index (χ1) is 6.31. The molecule has 0 unspecified atom stereocenters. The number of nitrogens with zero attached hydrogens (tertiary/aromatic N) is 1. The lowest BCUT2D eigenvalue weighted by molar-refractivity contribution is 0.299. The number of anilines is 1. The van der Waals surface area contributed by atoms with Crippen molar-refractivity contribution in [2.24, 2.45) is 0 Å². The van der Waals surface area contributed by atoms with Crippen LogP contribution in [0.25, 0.3) is 0 Å². The number of aliphatic hydroxyl groups is 1. The molecule has 2 heteroatoms. The molecule has 0 aromatic heterocycles. The minimum Gasteiger partial charge on any atom is -0.396 e. The molecule has 0 saturated carbocycles. The predicted molar refractivity (Wildman–Crippen MR) is 54.2 cm³/mol. The molecule has 1 aliphatic heterocycles. The van der Waals surface area contributed by atoms with Crippen LogP contribution in [0.4, 0.5) is 5.69 Å². The second-order valence-electron chi connectivity index (χ2n) is 3.61. The Hall–Kier alpha value is -1.02. The van der Waals surface area contributed by atoms with E-state index in [1.807, 2.05) is 0 Å². The highest BCUT2D eigenvalue weighted by Crippen LogP contribution is 2.27. The van der Waals surface area contributed by atoms with E-state index in [0.717, 1.165) is 19.4 Å². The number of hydrogen-bond acceptors (Lipinski definition) is 2. The van der Waals surface area contributed by atoms with Gasteiger partial charge in [-0.25, -0.2) is 0 Å². The van der Waals surface area contributed by atoms with Crippen molar-refractivity contribution in [2.45, 2.75) is 12.8 Å². The van der Waals surface area contributed by atoms with Crippen molar-refractivity contribution in [1.29, 1.82) is 0 Å². The third-order valence-electron chi connectivity index (χ3n) is 2.67. The Morgan fingerprint density at radius 1 is 1.46 bits per heavy atom. The molecule has 0 radical (unpaired) electrons. The molecule has 0 atom stereocenters. The Kier molecular flexibility index (Phi) is 2.23. The molecule has 1 aromatic carbocycles. The lowest BCUT2D eigenvalue weighted by Gasteiger charge is -2.11. The van der Waals surface area contributed by atoms with Crippen molar-refractivity contribution in [2.75, 3.05) is 25.1 Å². The van der Waals surface area contributed by atoms with Gasteiger partial charge in [0.25, 0.3) is 0 Å². The summed E-state index contributed by atoms with van der Waals surface area (Å²) < 4.78 is 0. The summed E-state index contributed by atoms with van der Waals surface area (Å²) >= 11 is 0. The van der Waals surface area contributed by atoms with Gasteiger partial charge >= 0.3 is 0 Å². The quantitative estimate of drug-likeness (QED) is 0.734. The third kappa shape index (κ3) is 1.54. The summed E-state index contributed by atoms with van der Waals surface area (Å²) in [6.07, 6.45) is 1.92. The molecule has 1 aromatic rings. The van der Waals surface area contributed by atoms with Gasteiger partial charge in [-0.05, 0) is 30.0 Å². The maximum atomic E-state index is 8.81. The molecule has 1 heterocycles. The van der Waals surface area contributed by atoms with Gasteiger partial charge in [-0.15, -0.1) is 0 Å². The average Bonchev–Trinajstić information content (AvgIpc) is 2.48. The van der Waals surface area contributed by atoms with Crippen molar-refractivity contribution >= 4 is 5.69 Å². The Morgan fingerprint density at radius 3 is 3.08 bits per heavy atom. The fourth-order valence-electron chi connectivity index (χ4n) is 1.90. The molecule has 0 amide bonds. The Labute approximate surface area is 78.8 Å². The first kappa shape index (κ1) is 8.57. The SMILES string of the molecule is CN1CCc2cc(CCO)ccc21. The molecular formula is C11H15NO. The van der Waals surface area contributed by atoms with Gasteiger partial charge in [0.15, 0.2) is 0 Å². The minimum absolute atomic E-state index is 0.245. The van der Waals surface area contributed by atoms with Gasteiger partial charge in [0.2, 0.25) is 0 Å². The van der Waals surface area contributed by atoms with E-state index < -0.39 is 0 Å². The van der Waals surface area contributed by atoms with E-state index in [0.29, 0.717) is 0 Å². The van der Waals surface area contributed by atoms with Crippen molar-refractivity contribution in [3.63, 3.8) is 0 Å². The molecule has 0 aliphatic carbocycles. The maximum Gasteiger partial charge on any atom is 0.0471 e. The van der Waals surface area contributed by atoms with Crippen LogP contribution in [-0.4, -0.2) is 25.3 Å². The van der Waals surface area contributed by atoms with E-state index in [4.69, 9.17) is 5.11 Å². The average molecular weight is 177 g/mol. The zero-order valence-electron chi connectivity index (χ0n) is 7.95. The van der Waals surface area contributed by atoms with Crippen LogP contribution < -0.4 is 4.90 Å². The second-order valence-corrected chi connectivity index (χ2v) is 3.61. The second kappa shape index (κ2) is 3.38. The van der Waals surface area contributed by atoms with Gasteiger partial charge in [-0.2, -0.15) is 0 Å². The van der Waals surface area contributed by atoms with Crippen molar-refractivity contribution in [3.05, 3.63) is 29.3 Å². The lowest BCUT2D eigenvalue weighted by Crippen LogP contribution is -2.12. The summed E-state index contributed by atoms with van der Waals surface area (Å²) in [6, 6.07) is 6.49. The highest BCUT2D eigenvalue weighted by molar-refractivity contribution is 5.58. The molecule has 1 aliphatic rings. The number of likely N-dealkylation sites (N-methyl/N-ethyl adjacent to an activating group) is 1. The maximum absolute atomic E-state index is 8.81. The van der Waals surface area contributed by atoms with Crippen molar-refractivity contribution in [1.82, 2.24) is 0 Å².